The topological polar surface area (TPSA) is 65.5 Å². The van der Waals surface area contributed by atoms with E-state index in [9.17, 15) is 0 Å². The average molecular weight is 491 g/mol. The van der Waals surface area contributed by atoms with Gasteiger partial charge in [0.25, 0.3) is 0 Å². The molecule has 0 amide bonds. The van der Waals surface area contributed by atoms with Crippen molar-refractivity contribution in [3.05, 3.63) is 121 Å². The lowest BCUT2D eigenvalue weighted by atomic mass is 10.1. The van der Waals surface area contributed by atoms with Crippen molar-refractivity contribution in [1.29, 1.82) is 0 Å². The van der Waals surface area contributed by atoms with E-state index in [0.29, 0.717) is 0 Å². The highest BCUT2D eigenvalue weighted by Crippen LogP contribution is 2.30. The van der Waals surface area contributed by atoms with Gasteiger partial charge in [0.1, 0.15) is 0 Å². The summed E-state index contributed by atoms with van der Waals surface area (Å²) in [6, 6.07) is 41.5. The summed E-state index contributed by atoms with van der Waals surface area (Å²) >= 11 is 0. The minimum atomic E-state index is 0.757. The van der Waals surface area contributed by atoms with Crippen LogP contribution in [0.3, 0.4) is 0 Å². The summed E-state index contributed by atoms with van der Waals surface area (Å²) in [4.78, 5) is 10.3. The Morgan fingerprint density at radius 3 is 1.37 bits per heavy atom. The highest BCUT2D eigenvalue weighted by atomic mass is 15.3. The SMILES string of the molecule is Nc1ccc(-c2ccc(-n3c4nc5ccccc5n4c4ccccc4n4c5ccccc5nc34)cc2)cc1. The number of para-hydroxylation sites is 6. The normalized spacial score (nSPS) is 11.8. The maximum Gasteiger partial charge on any atom is 0.223 e. The molecule has 0 bridgehead atoms. The standard InChI is InChI=1S/C32H22N6/c33-23-17-13-21(14-18-23)22-15-19-24(20-16-22)36-31-34-25-7-1-3-9-27(25)37(31)29-11-5-6-12-30(29)38-28-10-4-2-8-26(28)35-32(36)38/h1-20H,33H2. The molecule has 2 N–H and O–H groups in total. The first-order valence-electron chi connectivity index (χ1n) is 12.6. The Kier molecular flexibility index (Phi) is 4.28. The van der Waals surface area contributed by atoms with Crippen LogP contribution in [0.5, 0.6) is 0 Å². The van der Waals surface area contributed by atoms with Crippen molar-refractivity contribution in [2.24, 2.45) is 0 Å². The predicted octanol–water partition coefficient (Wildman–Crippen LogP) is 7.04. The molecule has 0 saturated heterocycles. The van der Waals surface area contributed by atoms with E-state index in [2.05, 4.69) is 98.3 Å². The summed E-state index contributed by atoms with van der Waals surface area (Å²) in [5, 5.41) is 0. The van der Waals surface area contributed by atoms with Gasteiger partial charge in [-0.25, -0.2) is 14.5 Å². The fourth-order valence-corrected chi connectivity index (χ4v) is 5.44. The van der Waals surface area contributed by atoms with E-state index in [1.165, 1.54) is 0 Å². The summed E-state index contributed by atoms with van der Waals surface area (Å²) < 4.78 is 6.64. The van der Waals surface area contributed by atoms with Crippen LogP contribution < -0.4 is 5.73 Å². The number of nitrogens with zero attached hydrogens (tertiary/aromatic N) is 5. The molecule has 6 nitrogen and oxygen atoms in total. The van der Waals surface area contributed by atoms with Crippen molar-refractivity contribution >= 4 is 50.3 Å². The van der Waals surface area contributed by atoms with Gasteiger partial charge in [-0.05, 0) is 71.8 Å². The molecule has 8 rings (SSSR count). The van der Waals surface area contributed by atoms with Gasteiger partial charge >= 0.3 is 0 Å². The summed E-state index contributed by atoms with van der Waals surface area (Å²) in [6.07, 6.45) is 0. The first-order chi connectivity index (χ1) is 18.8. The number of anilines is 1. The molecule has 5 aromatic carbocycles. The first-order valence-corrected chi connectivity index (χ1v) is 12.6. The van der Waals surface area contributed by atoms with Gasteiger partial charge in [0.15, 0.2) is 0 Å². The van der Waals surface area contributed by atoms with Gasteiger partial charge in [-0.15, -0.1) is 0 Å². The van der Waals surface area contributed by atoms with Gasteiger partial charge in [0.2, 0.25) is 11.6 Å². The molecule has 0 radical (unpaired) electrons. The van der Waals surface area contributed by atoms with Crippen LogP contribution >= 0.6 is 0 Å². The minimum Gasteiger partial charge on any atom is -0.399 e. The predicted molar refractivity (Wildman–Crippen MR) is 154 cm³/mol. The van der Waals surface area contributed by atoms with Crippen molar-refractivity contribution in [1.82, 2.24) is 23.3 Å². The fraction of sp³-hybridized carbons (Fsp3) is 0. The molecule has 0 atom stereocenters. The lowest BCUT2D eigenvalue weighted by Crippen LogP contribution is -2.02. The van der Waals surface area contributed by atoms with Crippen LogP contribution in [0, 0.1) is 0 Å². The zero-order valence-electron chi connectivity index (χ0n) is 20.4. The molecule has 8 aromatic rings. The Morgan fingerprint density at radius 2 is 0.868 bits per heavy atom. The van der Waals surface area contributed by atoms with E-state index in [1.54, 1.807) is 0 Å². The molecule has 0 spiro atoms. The Bertz CT molecular complexity index is 2070. The third-order valence-corrected chi connectivity index (χ3v) is 7.22. The van der Waals surface area contributed by atoms with Gasteiger partial charge < -0.3 is 5.73 Å². The quantitative estimate of drug-likeness (QED) is 0.264. The summed E-state index contributed by atoms with van der Waals surface area (Å²) in [5.41, 5.74) is 16.0. The van der Waals surface area contributed by atoms with Gasteiger partial charge in [0, 0.05) is 5.69 Å². The molecule has 0 fully saturated rings. The maximum atomic E-state index is 5.91. The van der Waals surface area contributed by atoms with E-state index in [0.717, 1.165) is 67.2 Å². The number of imidazole rings is 2. The van der Waals surface area contributed by atoms with Crippen LogP contribution in [0.15, 0.2) is 121 Å². The number of rotatable bonds is 2. The second-order valence-electron chi connectivity index (χ2n) is 9.46. The Labute approximate surface area is 217 Å². The zero-order chi connectivity index (χ0) is 25.2. The largest absolute Gasteiger partial charge is 0.399 e. The summed E-state index contributed by atoms with van der Waals surface area (Å²) in [6.45, 7) is 0. The summed E-state index contributed by atoms with van der Waals surface area (Å²) in [7, 11) is 0. The molecule has 0 unspecified atom stereocenters. The first kappa shape index (κ1) is 20.8. The van der Waals surface area contributed by atoms with Gasteiger partial charge in [-0.2, -0.15) is 0 Å². The maximum absolute atomic E-state index is 5.91. The Hall–Kier alpha value is -5.36. The highest BCUT2D eigenvalue weighted by Gasteiger charge is 2.18. The van der Waals surface area contributed by atoms with Crippen LogP contribution in [0.25, 0.3) is 61.5 Å². The molecule has 0 aliphatic rings. The number of nitrogens with two attached hydrogens (primary N) is 1. The van der Waals surface area contributed by atoms with E-state index < -0.39 is 0 Å². The third-order valence-electron chi connectivity index (χ3n) is 7.22. The second kappa shape index (κ2) is 7.82. The molecule has 180 valence electrons. The molecule has 6 heteroatoms. The number of aromatic nitrogens is 5. The number of hydrogen-bond acceptors (Lipinski definition) is 3. The van der Waals surface area contributed by atoms with E-state index >= 15 is 0 Å². The second-order valence-corrected chi connectivity index (χ2v) is 9.46. The van der Waals surface area contributed by atoms with Crippen molar-refractivity contribution in [3.8, 4) is 16.8 Å². The molecular formula is C32H22N6. The van der Waals surface area contributed by atoms with Crippen molar-refractivity contribution in [2.45, 2.75) is 0 Å². The van der Waals surface area contributed by atoms with Gasteiger partial charge in [-0.3, -0.25) is 8.80 Å². The van der Waals surface area contributed by atoms with Crippen LogP contribution in [0.1, 0.15) is 0 Å². The van der Waals surface area contributed by atoms with Gasteiger partial charge in [-0.1, -0.05) is 60.7 Å². The Balaban J connectivity index is 1.56. The van der Waals surface area contributed by atoms with E-state index in [-0.39, 0.29) is 0 Å². The van der Waals surface area contributed by atoms with Crippen LogP contribution in [-0.4, -0.2) is 23.3 Å². The third kappa shape index (κ3) is 2.94. The monoisotopic (exact) mass is 490 g/mol. The number of benzene rings is 5. The Morgan fingerprint density at radius 1 is 0.447 bits per heavy atom. The lowest BCUT2D eigenvalue weighted by molar-refractivity contribution is 1.03. The molecule has 0 saturated carbocycles. The molecule has 38 heavy (non-hydrogen) atoms. The molecule has 3 heterocycles. The molecule has 3 aromatic heterocycles. The number of hydrogen-bond donors (Lipinski definition) is 1. The number of nitrogen functional groups attached to an aromatic ring is 1. The van der Waals surface area contributed by atoms with Crippen molar-refractivity contribution < 1.29 is 0 Å². The summed E-state index contributed by atoms with van der Waals surface area (Å²) in [5.74, 6) is 1.60. The average Bonchev–Trinajstić information content (AvgIpc) is 3.50. The van der Waals surface area contributed by atoms with Crippen LogP contribution in [0.4, 0.5) is 5.69 Å². The minimum absolute atomic E-state index is 0.757. The van der Waals surface area contributed by atoms with E-state index in [4.69, 9.17) is 15.7 Å². The van der Waals surface area contributed by atoms with Gasteiger partial charge in [0.05, 0.1) is 38.8 Å². The number of fused-ring (bicyclic) bond motifs is 9. The molecule has 0 aliphatic heterocycles. The fourth-order valence-electron chi connectivity index (χ4n) is 5.44. The smallest absolute Gasteiger partial charge is 0.223 e. The van der Waals surface area contributed by atoms with Crippen LogP contribution in [0.2, 0.25) is 0 Å². The highest BCUT2D eigenvalue weighted by molar-refractivity contribution is 5.92. The molecular weight excluding hydrogens is 468 g/mol. The van der Waals surface area contributed by atoms with Crippen molar-refractivity contribution in [2.75, 3.05) is 5.73 Å². The molecule has 0 aliphatic carbocycles. The van der Waals surface area contributed by atoms with Crippen LogP contribution in [-0.2, 0) is 0 Å². The van der Waals surface area contributed by atoms with E-state index in [1.807, 2.05) is 36.4 Å². The zero-order valence-corrected chi connectivity index (χ0v) is 20.4. The van der Waals surface area contributed by atoms with Crippen molar-refractivity contribution in [3.63, 3.8) is 0 Å². The lowest BCUT2D eigenvalue weighted by Gasteiger charge is -2.09.